The number of nitrogens with zero attached hydrogens (tertiary/aromatic N) is 1. The first-order valence-electron chi connectivity index (χ1n) is 6.73. The molecule has 0 bridgehead atoms. The Morgan fingerprint density at radius 1 is 1.43 bits per heavy atom. The molecule has 1 aliphatic heterocycles. The van der Waals surface area contributed by atoms with Crippen molar-refractivity contribution >= 4 is 12.1 Å². The van der Waals surface area contributed by atoms with Crippen molar-refractivity contribution in [1.29, 1.82) is 0 Å². The van der Waals surface area contributed by atoms with Crippen LogP contribution in [-0.4, -0.2) is 60.8 Å². The summed E-state index contributed by atoms with van der Waals surface area (Å²) in [6, 6.07) is -0.426. The summed E-state index contributed by atoms with van der Waals surface area (Å²) >= 11 is 0. The molecule has 1 aliphatic rings. The molecule has 120 valence electrons. The topological polar surface area (TPSA) is 85.3 Å². The summed E-state index contributed by atoms with van der Waals surface area (Å²) in [7, 11) is 1.49. The molecule has 0 spiro atoms. The van der Waals surface area contributed by atoms with Gasteiger partial charge in [-0.1, -0.05) is 6.08 Å². The standard InChI is InChI=1S/C14H23NO6/c1-14(2,3)21-12(16)10-5-6-15(13(17)18)11(7-10)8-20-9-19-4/h5,11H,6-9H2,1-4H3,(H,17,18)/t11-/m1/s1. The molecule has 0 saturated heterocycles. The first-order chi connectivity index (χ1) is 9.74. The molecule has 0 unspecified atom stereocenters. The van der Waals surface area contributed by atoms with E-state index in [2.05, 4.69) is 0 Å². The molecule has 0 fully saturated rings. The largest absolute Gasteiger partial charge is 0.465 e. The van der Waals surface area contributed by atoms with Crippen molar-refractivity contribution in [2.24, 2.45) is 0 Å². The lowest BCUT2D eigenvalue weighted by Gasteiger charge is -2.33. The van der Waals surface area contributed by atoms with E-state index in [-0.39, 0.29) is 26.4 Å². The molecule has 0 radical (unpaired) electrons. The predicted molar refractivity (Wildman–Crippen MR) is 74.9 cm³/mol. The van der Waals surface area contributed by atoms with Crippen LogP contribution in [0.5, 0.6) is 0 Å². The van der Waals surface area contributed by atoms with Gasteiger partial charge in [-0.2, -0.15) is 0 Å². The van der Waals surface area contributed by atoms with Gasteiger partial charge in [0.25, 0.3) is 0 Å². The third-order valence-corrected chi connectivity index (χ3v) is 2.85. The normalized spacial score (nSPS) is 19.1. The zero-order valence-corrected chi connectivity index (χ0v) is 12.9. The molecule has 1 heterocycles. The monoisotopic (exact) mass is 301 g/mol. The van der Waals surface area contributed by atoms with Gasteiger partial charge >= 0.3 is 12.1 Å². The first-order valence-corrected chi connectivity index (χ1v) is 6.73. The maximum absolute atomic E-state index is 12.0. The van der Waals surface area contributed by atoms with Crippen molar-refractivity contribution in [3.8, 4) is 0 Å². The minimum atomic E-state index is -1.04. The van der Waals surface area contributed by atoms with E-state index in [0.717, 1.165) is 0 Å². The predicted octanol–water partition coefficient (Wildman–Crippen LogP) is 1.63. The fourth-order valence-electron chi connectivity index (χ4n) is 1.97. The van der Waals surface area contributed by atoms with Gasteiger partial charge in [0.2, 0.25) is 0 Å². The number of methoxy groups -OCH3 is 1. The lowest BCUT2D eigenvalue weighted by atomic mass is 10.0. The molecule has 7 nitrogen and oxygen atoms in total. The van der Waals surface area contributed by atoms with Crippen LogP contribution in [0.25, 0.3) is 0 Å². The highest BCUT2D eigenvalue weighted by Gasteiger charge is 2.31. The number of ether oxygens (including phenoxy) is 3. The second-order valence-electron chi connectivity index (χ2n) is 5.80. The van der Waals surface area contributed by atoms with Crippen LogP contribution >= 0.6 is 0 Å². The van der Waals surface area contributed by atoms with E-state index in [1.165, 1.54) is 12.0 Å². The van der Waals surface area contributed by atoms with E-state index >= 15 is 0 Å². The second kappa shape index (κ2) is 7.42. The van der Waals surface area contributed by atoms with Crippen LogP contribution in [0.2, 0.25) is 0 Å². The molecule has 0 aliphatic carbocycles. The van der Waals surface area contributed by atoms with Crippen LogP contribution in [-0.2, 0) is 19.0 Å². The molecule has 1 N–H and O–H groups in total. The van der Waals surface area contributed by atoms with Crippen LogP contribution in [0.15, 0.2) is 11.6 Å². The molecule has 0 aromatic carbocycles. The van der Waals surface area contributed by atoms with E-state index in [1.807, 2.05) is 0 Å². The number of carboxylic acid groups (broad SMARTS) is 1. The van der Waals surface area contributed by atoms with Gasteiger partial charge in [-0.3, -0.25) is 4.90 Å². The minimum Gasteiger partial charge on any atom is -0.465 e. The van der Waals surface area contributed by atoms with E-state index in [9.17, 15) is 14.7 Å². The van der Waals surface area contributed by atoms with Gasteiger partial charge in [0, 0.05) is 25.6 Å². The van der Waals surface area contributed by atoms with Crippen LogP contribution in [0.4, 0.5) is 4.79 Å². The average Bonchev–Trinajstić information content (AvgIpc) is 2.36. The maximum atomic E-state index is 12.0. The lowest BCUT2D eigenvalue weighted by Crippen LogP contribution is -2.46. The number of hydrogen-bond donors (Lipinski definition) is 1. The van der Waals surface area contributed by atoms with Crippen molar-refractivity contribution < 1.29 is 28.9 Å². The number of carbonyl (C=O) groups is 2. The summed E-state index contributed by atoms with van der Waals surface area (Å²) in [5, 5.41) is 9.17. The third kappa shape index (κ3) is 5.73. The summed E-state index contributed by atoms with van der Waals surface area (Å²) in [5.41, 5.74) is -0.0994. The van der Waals surface area contributed by atoms with E-state index in [0.29, 0.717) is 5.57 Å². The zero-order chi connectivity index (χ0) is 16.0. The Bertz CT molecular complexity index is 412. The van der Waals surface area contributed by atoms with Crippen LogP contribution in [0, 0.1) is 0 Å². The third-order valence-electron chi connectivity index (χ3n) is 2.85. The molecule has 1 atom stereocenters. The summed E-state index contributed by atoms with van der Waals surface area (Å²) < 4.78 is 15.3. The van der Waals surface area contributed by atoms with Crippen molar-refractivity contribution in [2.45, 2.75) is 38.8 Å². The zero-order valence-electron chi connectivity index (χ0n) is 12.9. The molecule has 21 heavy (non-hydrogen) atoms. The fourth-order valence-corrected chi connectivity index (χ4v) is 1.97. The quantitative estimate of drug-likeness (QED) is 0.472. The highest BCUT2D eigenvalue weighted by atomic mass is 16.7. The summed E-state index contributed by atoms with van der Waals surface area (Å²) in [6.45, 7) is 5.76. The highest BCUT2D eigenvalue weighted by molar-refractivity contribution is 5.89. The van der Waals surface area contributed by atoms with Gasteiger partial charge in [-0.05, 0) is 20.8 Å². The Morgan fingerprint density at radius 2 is 2.10 bits per heavy atom. The Morgan fingerprint density at radius 3 is 2.62 bits per heavy atom. The number of esters is 1. The number of amides is 1. The molecular formula is C14H23NO6. The van der Waals surface area contributed by atoms with E-state index < -0.39 is 23.7 Å². The van der Waals surface area contributed by atoms with Crippen molar-refractivity contribution in [3.63, 3.8) is 0 Å². The van der Waals surface area contributed by atoms with Crippen LogP contribution in [0.3, 0.4) is 0 Å². The van der Waals surface area contributed by atoms with Crippen molar-refractivity contribution in [3.05, 3.63) is 11.6 Å². The van der Waals surface area contributed by atoms with Gasteiger partial charge < -0.3 is 19.3 Å². The first kappa shape index (κ1) is 17.5. The summed E-state index contributed by atoms with van der Waals surface area (Å²) in [6.07, 6.45) is 0.820. The van der Waals surface area contributed by atoms with Gasteiger partial charge in [0.15, 0.2) is 0 Å². The molecule has 1 amide bonds. The van der Waals surface area contributed by atoms with Crippen molar-refractivity contribution in [1.82, 2.24) is 4.90 Å². The molecule has 0 aromatic heterocycles. The molecular weight excluding hydrogens is 278 g/mol. The highest BCUT2D eigenvalue weighted by Crippen LogP contribution is 2.22. The Balaban J connectivity index is 2.72. The van der Waals surface area contributed by atoms with Crippen LogP contribution < -0.4 is 0 Å². The fraction of sp³-hybridized carbons (Fsp3) is 0.714. The summed E-state index contributed by atoms with van der Waals surface area (Å²) in [4.78, 5) is 24.5. The Hall–Kier alpha value is -1.60. The maximum Gasteiger partial charge on any atom is 0.407 e. The molecule has 0 aromatic rings. The average molecular weight is 301 g/mol. The van der Waals surface area contributed by atoms with Crippen LogP contribution in [0.1, 0.15) is 27.2 Å². The Kier molecular flexibility index (Phi) is 6.17. The molecule has 7 heteroatoms. The minimum absolute atomic E-state index is 0.0788. The van der Waals surface area contributed by atoms with Gasteiger partial charge in [-0.15, -0.1) is 0 Å². The number of carbonyl (C=O) groups excluding carboxylic acids is 1. The lowest BCUT2D eigenvalue weighted by molar-refractivity contribution is -0.150. The van der Waals surface area contributed by atoms with Gasteiger partial charge in [0.05, 0.1) is 12.6 Å². The van der Waals surface area contributed by atoms with Gasteiger partial charge in [0.1, 0.15) is 12.4 Å². The number of hydrogen-bond acceptors (Lipinski definition) is 5. The van der Waals surface area contributed by atoms with E-state index in [1.54, 1.807) is 26.8 Å². The second-order valence-corrected chi connectivity index (χ2v) is 5.80. The van der Waals surface area contributed by atoms with Gasteiger partial charge in [-0.25, -0.2) is 9.59 Å². The smallest absolute Gasteiger partial charge is 0.407 e. The number of rotatable bonds is 5. The Labute approximate surface area is 124 Å². The van der Waals surface area contributed by atoms with E-state index in [4.69, 9.17) is 14.2 Å². The molecule has 1 rings (SSSR count). The molecule has 0 saturated carbocycles. The summed E-state index contributed by atoms with van der Waals surface area (Å²) in [5.74, 6) is -0.413. The van der Waals surface area contributed by atoms with Crippen molar-refractivity contribution in [2.75, 3.05) is 27.1 Å². The SMILES string of the molecule is COCOC[C@H]1CC(C(=O)OC(C)(C)C)=CCN1C(=O)O.